The fourth-order valence-electron chi connectivity index (χ4n) is 2.13. The van der Waals surface area contributed by atoms with E-state index in [-0.39, 0.29) is 5.91 Å². The van der Waals surface area contributed by atoms with Crippen molar-refractivity contribution in [1.29, 1.82) is 0 Å². The summed E-state index contributed by atoms with van der Waals surface area (Å²) in [5.41, 5.74) is 2.02. The number of rotatable bonds is 8. The SMILES string of the molecule is Cc1cccc(NC(=O)CNC(C)CCCC(C)C)c1. The van der Waals surface area contributed by atoms with E-state index in [1.807, 2.05) is 31.2 Å². The molecule has 2 N–H and O–H groups in total. The Morgan fingerprint density at radius 2 is 1.95 bits per heavy atom. The predicted octanol–water partition coefficient (Wildman–Crippen LogP) is 3.74. The van der Waals surface area contributed by atoms with Gasteiger partial charge >= 0.3 is 0 Å². The maximum Gasteiger partial charge on any atom is 0.238 e. The van der Waals surface area contributed by atoms with Gasteiger partial charge < -0.3 is 10.6 Å². The fraction of sp³-hybridized carbons (Fsp3) is 0.588. The Labute approximate surface area is 123 Å². The molecule has 0 spiro atoms. The third-order valence-electron chi connectivity index (χ3n) is 3.33. The van der Waals surface area contributed by atoms with E-state index in [1.165, 1.54) is 12.8 Å². The molecule has 0 saturated carbocycles. The van der Waals surface area contributed by atoms with Gasteiger partial charge in [0.2, 0.25) is 5.91 Å². The zero-order valence-corrected chi connectivity index (χ0v) is 13.2. The zero-order chi connectivity index (χ0) is 15.0. The summed E-state index contributed by atoms with van der Waals surface area (Å²) in [5.74, 6) is 0.776. The fourth-order valence-corrected chi connectivity index (χ4v) is 2.13. The van der Waals surface area contributed by atoms with E-state index in [0.717, 1.165) is 23.6 Å². The van der Waals surface area contributed by atoms with Gasteiger partial charge in [-0.05, 0) is 43.9 Å². The molecule has 1 unspecified atom stereocenters. The predicted molar refractivity (Wildman–Crippen MR) is 86.0 cm³/mol. The Morgan fingerprint density at radius 1 is 1.20 bits per heavy atom. The molecule has 0 aliphatic rings. The molecule has 0 saturated heterocycles. The van der Waals surface area contributed by atoms with Crippen LogP contribution in [0.5, 0.6) is 0 Å². The zero-order valence-electron chi connectivity index (χ0n) is 13.2. The minimum absolute atomic E-state index is 0.0197. The lowest BCUT2D eigenvalue weighted by Crippen LogP contribution is -2.34. The van der Waals surface area contributed by atoms with Gasteiger partial charge in [0.25, 0.3) is 0 Å². The van der Waals surface area contributed by atoms with Crippen LogP contribution in [0.1, 0.15) is 45.6 Å². The summed E-state index contributed by atoms with van der Waals surface area (Å²) >= 11 is 0. The minimum atomic E-state index is 0.0197. The first-order chi connectivity index (χ1) is 9.47. The topological polar surface area (TPSA) is 41.1 Å². The van der Waals surface area contributed by atoms with Crippen molar-refractivity contribution in [1.82, 2.24) is 5.32 Å². The molecule has 3 nitrogen and oxygen atoms in total. The quantitative estimate of drug-likeness (QED) is 0.759. The molecule has 0 aliphatic carbocycles. The molecular formula is C17H28N2O. The highest BCUT2D eigenvalue weighted by molar-refractivity contribution is 5.92. The monoisotopic (exact) mass is 276 g/mol. The van der Waals surface area contributed by atoms with Gasteiger partial charge in [-0.1, -0.05) is 38.8 Å². The molecule has 0 heterocycles. The van der Waals surface area contributed by atoms with Crippen molar-refractivity contribution in [3.63, 3.8) is 0 Å². The number of hydrogen-bond acceptors (Lipinski definition) is 2. The minimum Gasteiger partial charge on any atom is -0.325 e. The Hall–Kier alpha value is -1.35. The van der Waals surface area contributed by atoms with Crippen LogP contribution in [0.3, 0.4) is 0 Å². The Balaban J connectivity index is 2.22. The number of nitrogens with one attached hydrogen (secondary N) is 2. The second-order valence-corrected chi connectivity index (χ2v) is 6.02. The van der Waals surface area contributed by atoms with Gasteiger partial charge in [-0.25, -0.2) is 0 Å². The Bertz CT molecular complexity index is 415. The van der Waals surface area contributed by atoms with Crippen LogP contribution in [0.2, 0.25) is 0 Å². The van der Waals surface area contributed by atoms with Crippen LogP contribution in [0.25, 0.3) is 0 Å². The van der Waals surface area contributed by atoms with Crippen molar-refractivity contribution < 1.29 is 4.79 Å². The van der Waals surface area contributed by atoms with Crippen molar-refractivity contribution in [2.75, 3.05) is 11.9 Å². The highest BCUT2D eigenvalue weighted by atomic mass is 16.1. The van der Waals surface area contributed by atoms with E-state index in [1.54, 1.807) is 0 Å². The molecule has 20 heavy (non-hydrogen) atoms. The second-order valence-electron chi connectivity index (χ2n) is 6.02. The van der Waals surface area contributed by atoms with Gasteiger partial charge in [0.1, 0.15) is 0 Å². The van der Waals surface area contributed by atoms with E-state index in [9.17, 15) is 4.79 Å². The summed E-state index contributed by atoms with van der Waals surface area (Å²) in [5, 5.41) is 6.19. The number of hydrogen-bond donors (Lipinski definition) is 2. The number of amides is 1. The third-order valence-corrected chi connectivity index (χ3v) is 3.33. The van der Waals surface area contributed by atoms with Crippen LogP contribution < -0.4 is 10.6 Å². The summed E-state index contributed by atoms with van der Waals surface area (Å²) in [7, 11) is 0. The molecular weight excluding hydrogens is 248 g/mol. The summed E-state index contributed by atoms with van der Waals surface area (Å²) in [6, 6.07) is 8.25. The van der Waals surface area contributed by atoms with Gasteiger partial charge in [-0.3, -0.25) is 4.79 Å². The normalized spacial score (nSPS) is 12.4. The molecule has 0 radical (unpaired) electrons. The molecule has 0 bridgehead atoms. The average molecular weight is 276 g/mol. The summed E-state index contributed by atoms with van der Waals surface area (Å²) < 4.78 is 0. The number of carbonyl (C=O) groups is 1. The largest absolute Gasteiger partial charge is 0.325 e. The smallest absolute Gasteiger partial charge is 0.238 e. The van der Waals surface area contributed by atoms with E-state index in [2.05, 4.69) is 31.4 Å². The molecule has 1 aromatic carbocycles. The summed E-state index contributed by atoms with van der Waals surface area (Å²) in [6.07, 6.45) is 3.59. The van der Waals surface area contributed by atoms with E-state index in [0.29, 0.717) is 12.6 Å². The second kappa shape index (κ2) is 8.75. The molecule has 1 atom stereocenters. The number of anilines is 1. The molecule has 3 heteroatoms. The van der Waals surface area contributed by atoms with Crippen LogP contribution in [0.4, 0.5) is 5.69 Å². The highest BCUT2D eigenvalue weighted by Crippen LogP contribution is 2.10. The van der Waals surface area contributed by atoms with Crippen molar-refractivity contribution in [3.05, 3.63) is 29.8 Å². The lowest BCUT2D eigenvalue weighted by Gasteiger charge is -2.14. The van der Waals surface area contributed by atoms with Crippen molar-refractivity contribution in [2.45, 2.75) is 53.0 Å². The standard InChI is InChI=1S/C17H28N2O/c1-13(2)7-5-9-15(4)18-12-17(20)19-16-10-6-8-14(3)11-16/h6,8,10-11,13,15,18H,5,7,9,12H2,1-4H3,(H,19,20). The van der Waals surface area contributed by atoms with Crippen LogP contribution in [0.15, 0.2) is 24.3 Å². The van der Waals surface area contributed by atoms with Gasteiger partial charge in [0.05, 0.1) is 6.54 Å². The lowest BCUT2D eigenvalue weighted by molar-refractivity contribution is -0.115. The average Bonchev–Trinajstić information content (AvgIpc) is 2.36. The highest BCUT2D eigenvalue weighted by Gasteiger charge is 2.06. The Kier molecular flexibility index (Phi) is 7.31. The van der Waals surface area contributed by atoms with Gasteiger partial charge in [-0.15, -0.1) is 0 Å². The van der Waals surface area contributed by atoms with E-state index < -0.39 is 0 Å². The van der Waals surface area contributed by atoms with Gasteiger partial charge in [-0.2, -0.15) is 0 Å². The maximum absolute atomic E-state index is 11.8. The molecule has 1 amide bonds. The molecule has 1 rings (SSSR count). The van der Waals surface area contributed by atoms with Gasteiger partial charge in [0.15, 0.2) is 0 Å². The van der Waals surface area contributed by atoms with E-state index >= 15 is 0 Å². The van der Waals surface area contributed by atoms with E-state index in [4.69, 9.17) is 0 Å². The summed E-state index contributed by atoms with van der Waals surface area (Å²) in [4.78, 5) is 11.8. The third kappa shape index (κ3) is 7.29. The van der Waals surface area contributed by atoms with Crippen LogP contribution in [-0.2, 0) is 4.79 Å². The number of carbonyl (C=O) groups excluding carboxylic acids is 1. The van der Waals surface area contributed by atoms with Crippen LogP contribution in [0, 0.1) is 12.8 Å². The van der Waals surface area contributed by atoms with Gasteiger partial charge in [0, 0.05) is 11.7 Å². The molecule has 0 aliphatic heterocycles. The first-order valence-corrected chi connectivity index (χ1v) is 7.57. The van der Waals surface area contributed by atoms with Crippen molar-refractivity contribution in [3.8, 4) is 0 Å². The molecule has 112 valence electrons. The molecule has 1 aromatic rings. The first-order valence-electron chi connectivity index (χ1n) is 7.57. The van der Waals surface area contributed by atoms with Crippen molar-refractivity contribution in [2.24, 2.45) is 5.92 Å². The first kappa shape index (κ1) is 16.7. The Morgan fingerprint density at radius 3 is 2.60 bits per heavy atom. The number of benzene rings is 1. The molecule has 0 fully saturated rings. The molecule has 0 aromatic heterocycles. The van der Waals surface area contributed by atoms with Crippen molar-refractivity contribution >= 4 is 11.6 Å². The van der Waals surface area contributed by atoms with Crippen LogP contribution in [-0.4, -0.2) is 18.5 Å². The maximum atomic E-state index is 11.8. The van der Waals surface area contributed by atoms with Crippen LogP contribution >= 0.6 is 0 Å². The number of aryl methyl sites for hydroxylation is 1. The summed E-state index contributed by atoms with van der Waals surface area (Å²) in [6.45, 7) is 9.02. The lowest BCUT2D eigenvalue weighted by atomic mass is 10.0.